The van der Waals surface area contributed by atoms with Crippen LogP contribution in [0.25, 0.3) is 0 Å². The van der Waals surface area contributed by atoms with Crippen molar-refractivity contribution in [2.24, 2.45) is 0 Å². The van der Waals surface area contributed by atoms with E-state index in [-0.39, 0.29) is 17.4 Å². The van der Waals surface area contributed by atoms with Crippen molar-refractivity contribution < 1.29 is 4.79 Å². The molecule has 0 aliphatic carbocycles. The molecular weight excluding hydrogens is 296 g/mol. The van der Waals surface area contributed by atoms with Gasteiger partial charge in [-0.1, -0.05) is 39.0 Å². The minimum absolute atomic E-state index is 0.0772. The molecule has 1 fully saturated rings. The van der Waals surface area contributed by atoms with Crippen molar-refractivity contribution >= 4 is 28.3 Å². The number of amides is 1. The summed E-state index contributed by atoms with van der Waals surface area (Å²) in [7, 11) is 0. The van der Waals surface area contributed by atoms with Gasteiger partial charge in [-0.15, -0.1) is 0 Å². The molecule has 1 aliphatic heterocycles. The number of benzene rings is 1. The second-order valence-electron chi connectivity index (χ2n) is 6.48. The summed E-state index contributed by atoms with van der Waals surface area (Å²) in [6, 6.07) is 9.55. The third-order valence-corrected chi connectivity index (χ3v) is 4.31. The summed E-state index contributed by atoms with van der Waals surface area (Å²) in [5, 5.41) is 3.96. The molecule has 6 heteroatoms. The van der Waals surface area contributed by atoms with E-state index in [9.17, 15) is 4.79 Å². The van der Waals surface area contributed by atoms with E-state index in [0.717, 1.165) is 29.6 Å². The topological polar surface area (TPSA) is 58.1 Å². The Hall–Kier alpha value is -1.95. The second-order valence-corrected chi connectivity index (χ2v) is 7.24. The molecule has 0 bridgehead atoms. The highest BCUT2D eigenvalue weighted by molar-refractivity contribution is 7.09. The Kier molecular flexibility index (Phi) is 3.87. The third kappa shape index (κ3) is 2.97. The van der Waals surface area contributed by atoms with E-state index < -0.39 is 0 Å². The third-order valence-electron chi connectivity index (χ3n) is 3.67. The standard InChI is InChI=1S/C16H20N4OS/c1-16(2,3)14-18-15(22-19-14)17-12-9-10-20(13(12)21)11-7-5-4-6-8-11/h4-8,12H,9-10H2,1-3H3,(H,17,18,19). The molecule has 2 aromatic rings. The Bertz CT molecular complexity index is 662. The zero-order valence-corrected chi connectivity index (χ0v) is 13.9. The predicted molar refractivity (Wildman–Crippen MR) is 89.4 cm³/mol. The molecule has 0 spiro atoms. The van der Waals surface area contributed by atoms with Gasteiger partial charge in [0.05, 0.1) is 0 Å². The summed E-state index contributed by atoms with van der Waals surface area (Å²) in [5.74, 6) is 0.907. The van der Waals surface area contributed by atoms with E-state index >= 15 is 0 Å². The SMILES string of the molecule is CC(C)(C)c1nsc(NC2CCN(c3ccccc3)C2=O)n1. The Labute approximate surface area is 134 Å². The Morgan fingerprint density at radius 1 is 1.27 bits per heavy atom. The fourth-order valence-electron chi connectivity index (χ4n) is 2.41. The van der Waals surface area contributed by atoms with Gasteiger partial charge >= 0.3 is 0 Å². The Balaban J connectivity index is 1.70. The van der Waals surface area contributed by atoms with Crippen molar-refractivity contribution in [2.75, 3.05) is 16.8 Å². The fourth-order valence-corrected chi connectivity index (χ4v) is 3.22. The highest BCUT2D eigenvalue weighted by atomic mass is 32.1. The van der Waals surface area contributed by atoms with Crippen LogP contribution in [0.5, 0.6) is 0 Å². The number of hydrogen-bond donors (Lipinski definition) is 1. The lowest BCUT2D eigenvalue weighted by molar-refractivity contribution is -0.117. The molecule has 3 rings (SSSR count). The summed E-state index contributed by atoms with van der Waals surface area (Å²) in [6.07, 6.45) is 0.776. The highest BCUT2D eigenvalue weighted by Gasteiger charge is 2.33. The van der Waals surface area contributed by atoms with Crippen LogP contribution in [-0.2, 0) is 10.2 Å². The van der Waals surface area contributed by atoms with E-state index in [1.165, 1.54) is 11.5 Å². The van der Waals surface area contributed by atoms with Gasteiger partial charge in [0.15, 0.2) is 0 Å². The Morgan fingerprint density at radius 3 is 2.64 bits per heavy atom. The summed E-state index contributed by atoms with van der Waals surface area (Å²) in [4.78, 5) is 18.9. The number of carbonyl (C=O) groups excluding carboxylic acids is 1. The number of anilines is 2. The first-order valence-electron chi connectivity index (χ1n) is 7.42. The monoisotopic (exact) mass is 316 g/mol. The molecule has 1 N–H and O–H groups in total. The largest absolute Gasteiger partial charge is 0.348 e. The fraction of sp³-hybridized carbons (Fsp3) is 0.438. The van der Waals surface area contributed by atoms with Crippen molar-refractivity contribution in [3.05, 3.63) is 36.2 Å². The van der Waals surface area contributed by atoms with Crippen LogP contribution in [0.4, 0.5) is 10.8 Å². The Morgan fingerprint density at radius 2 is 2.00 bits per heavy atom. The lowest BCUT2D eigenvalue weighted by Crippen LogP contribution is -2.33. The lowest BCUT2D eigenvalue weighted by atomic mass is 9.96. The van der Waals surface area contributed by atoms with Crippen LogP contribution in [0.15, 0.2) is 30.3 Å². The molecule has 1 unspecified atom stereocenters. The summed E-state index contributed by atoms with van der Waals surface area (Å²) < 4.78 is 4.37. The molecule has 1 aromatic carbocycles. The molecular formula is C16H20N4OS. The zero-order chi connectivity index (χ0) is 15.7. The molecule has 1 aliphatic rings. The first kappa shape index (κ1) is 15.0. The number of rotatable bonds is 3. The number of hydrogen-bond acceptors (Lipinski definition) is 5. The van der Waals surface area contributed by atoms with Crippen LogP contribution in [0.3, 0.4) is 0 Å². The first-order chi connectivity index (χ1) is 10.4. The van der Waals surface area contributed by atoms with Gasteiger partial charge in [0, 0.05) is 29.2 Å². The minimum atomic E-state index is -0.221. The molecule has 1 saturated heterocycles. The molecule has 116 valence electrons. The molecule has 1 aromatic heterocycles. The number of aromatic nitrogens is 2. The minimum Gasteiger partial charge on any atom is -0.348 e. The second kappa shape index (κ2) is 5.68. The molecule has 0 radical (unpaired) electrons. The van der Waals surface area contributed by atoms with Crippen LogP contribution in [-0.4, -0.2) is 27.9 Å². The van der Waals surface area contributed by atoms with Crippen molar-refractivity contribution in [1.82, 2.24) is 9.36 Å². The maximum atomic E-state index is 12.5. The smallest absolute Gasteiger partial charge is 0.249 e. The van der Waals surface area contributed by atoms with E-state index in [1.54, 1.807) is 0 Å². The van der Waals surface area contributed by atoms with Crippen LogP contribution in [0.1, 0.15) is 33.0 Å². The maximum absolute atomic E-state index is 12.5. The predicted octanol–water partition coefficient (Wildman–Crippen LogP) is 3.05. The van der Waals surface area contributed by atoms with Gasteiger partial charge in [-0.05, 0) is 18.6 Å². The van der Waals surface area contributed by atoms with Gasteiger partial charge in [-0.25, -0.2) is 4.98 Å². The maximum Gasteiger partial charge on any atom is 0.249 e. The van der Waals surface area contributed by atoms with Gasteiger partial charge in [0.1, 0.15) is 11.9 Å². The molecule has 0 saturated carbocycles. The molecule has 1 amide bonds. The summed E-state index contributed by atoms with van der Waals surface area (Å²) in [6.45, 7) is 6.97. The molecule has 2 heterocycles. The van der Waals surface area contributed by atoms with Gasteiger partial charge in [0.2, 0.25) is 11.0 Å². The first-order valence-corrected chi connectivity index (χ1v) is 8.19. The number of nitrogens with one attached hydrogen (secondary N) is 1. The van der Waals surface area contributed by atoms with E-state index in [1.807, 2.05) is 35.2 Å². The van der Waals surface area contributed by atoms with Crippen LogP contribution in [0.2, 0.25) is 0 Å². The molecule has 5 nitrogen and oxygen atoms in total. The number of para-hydroxylation sites is 1. The van der Waals surface area contributed by atoms with Crippen molar-refractivity contribution in [1.29, 1.82) is 0 Å². The van der Waals surface area contributed by atoms with Gasteiger partial charge in [-0.2, -0.15) is 4.37 Å². The van der Waals surface area contributed by atoms with E-state index in [2.05, 4.69) is 35.4 Å². The van der Waals surface area contributed by atoms with Crippen LogP contribution < -0.4 is 10.2 Å². The number of carbonyl (C=O) groups is 1. The average molecular weight is 316 g/mol. The molecule has 22 heavy (non-hydrogen) atoms. The van der Waals surface area contributed by atoms with Crippen molar-refractivity contribution in [3.63, 3.8) is 0 Å². The van der Waals surface area contributed by atoms with Crippen molar-refractivity contribution in [3.8, 4) is 0 Å². The van der Waals surface area contributed by atoms with Gasteiger partial charge in [0.25, 0.3) is 0 Å². The van der Waals surface area contributed by atoms with Crippen LogP contribution in [0, 0.1) is 0 Å². The summed E-state index contributed by atoms with van der Waals surface area (Å²) in [5.41, 5.74) is 0.871. The number of nitrogens with zero attached hydrogens (tertiary/aromatic N) is 3. The lowest BCUT2D eigenvalue weighted by Gasteiger charge is -2.17. The highest BCUT2D eigenvalue weighted by Crippen LogP contribution is 2.26. The van der Waals surface area contributed by atoms with E-state index in [4.69, 9.17) is 0 Å². The van der Waals surface area contributed by atoms with Crippen LogP contribution >= 0.6 is 11.5 Å². The van der Waals surface area contributed by atoms with Gasteiger partial charge in [-0.3, -0.25) is 4.79 Å². The molecule has 1 atom stereocenters. The summed E-state index contributed by atoms with van der Waals surface area (Å²) >= 11 is 1.32. The normalized spacial score (nSPS) is 18.8. The van der Waals surface area contributed by atoms with Gasteiger partial charge < -0.3 is 10.2 Å². The van der Waals surface area contributed by atoms with E-state index in [0.29, 0.717) is 0 Å². The zero-order valence-electron chi connectivity index (χ0n) is 13.0. The average Bonchev–Trinajstić information content (AvgIpc) is 3.08. The van der Waals surface area contributed by atoms with Crippen molar-refractivity contribution in [2.45, 2.75) is 38.6 Å². The quantitative estimate of drug-likeness (QED) is 0.945.